The van der Waals surface area contributed by atoms with Gasteiger partial charge in [-0.3, -0.25) is 4.79 Å². The van der Waals surface area contributed by atoms with Gasteiger partial charge in [0.1, 0.15) is 6.61 Å². The molecule has 2 aromatic rings. The van der Waals surface area contributed by atoms with E-state index in [1.165, 1.54) is 5.56 Å². The molecule has 4 heteroatoms. The van der Waals surface area contributed by atoms with Crippen molar-refractivity contribution in [2.75, 3.05) is 27.2 Å². The predicted octanol–water partition coefficient (Wildman–Crippen LogP) is 3.63. The minimum Gasteiger partial charge on any atom is -0.464 e. The fraction of sp³-hybridized carbons (Fsp3) is 0.316. The number of nitrogens with zero attached hydrogens (tertiary/aromatic N) is 1. The number of ether oxygens (including phenoxy) is 1. The highest BCUT2D eigenvalue weighted by atomic mass is 32.2. The number of esters is 1. The summed E-state index contributed by atoms with van der Waals surface area (Å²) in [5.74, 6) is 0.729. The molecule has 0 fully saturated rings. The minimum atomic E-state index is -0.167. The Balaban J connectivity index is 1.90. The van der Waals surface area contributed by atoms with Crippen molar-refractivity contribution < 1.29 is 9.53 Å². The van der Waals surface area contributed by atoms with Crippen LogP contribution in [0.5, 0.6) is 0 Å². The van der Waals surface area contributed by atoms with E-state index in [1.54, 1.807) is 11.8 Å². The second-order valence-corrected chi connectivity index (χ2v) is 6.60. The molecule has 0 bridgehead atoms. The van der Waals surface area contributed by atoms with Crippen molar-refractivity contribution in [2.45, 2.75) is 17.1 Å². The van der Waals surface area contributed by atoms with Crippen molar-refractivity contribution in [3.8, 4) is 0 Å². The highest BCUT2D eigenvalue weighted by Crippen LogP contribution is 2.26. The Morgan fingerprint density at radius 3 is 2.48 bits per heavy atom. The monoisotopic (exact) mass is 329 g/mol. The molecule has 23 heavy (non-hydrogen) atoms. The van der Waals surface area contributed by atoms with Crippen LogP contribution in [0.1, 0.15) is 11.1 Å². The van der Waals surface area contributed by atoms with Gasteiger partial charge in [-0.25, -0.2) is 0 Å². The second kappa shape index (κ2) is 9.38. The van der Waals surface area contributed by atoms with Crippen LogP contribution in [-0.4, -0.2) is 38.1 Å². The number of carbonyl (C=O) groups is 1. The summed E-state index contributed by atoms with van der Waals surface area (Å²) in [6.07, 6.45) is 0.325. The van der Waals surface area contributed by atoms with Crippen LogP contribution in [0.15, 0.2) is 59.5 Å². The number of hydrogen-bond acceptors (Lipinski definition) is 4. The largest absolute Gasteiger partial charge is 0.464 e. The van der Waals surface area contributed by atoms with Crippen LogP contribution in [0.2, 0.25) is 0 Å². The first kappa shape index (κ1) is 17.6. The topological polar surface area (TPSA) is 29.5 Å². The normalized spacial score (nSPS) is 10.7. The molecule has 0 atom stereocenters. The summed E-state index contributed by atoms with van der Waals surface area (Å²) in [6, 6.07) is 18.4. The van der Waals surface area contributed by atoms with Crippen LogP contribution in [0.4, 0.5) is 0 Å². The lowest BCUT2D eigenvalue weighted by atomic mass is 10.1. The van der Waals surface area contributed by atoms with Gasteiger partial charge in [0.25, 0.3) is 0 Å². The maximum Gasteiger partial charge on any atom is 0.310 e. The Labute approximate surface area is 142 Å². The molecule has 3 nitrogen and oxygen atoms in total. The molecule has 0 spiro atoms. The van der Waals surface area contributed by atoms with Gasteiger partial charge in [0, 0.05) is 17.2 Å². The molecule has 0 saturated carbocycles. The standard InChI is InChI=1S/C19H23NO2S/c1-20(2)12-13-22-19(21)14-17-10-6-7-11-18(17)23-15-16-8-4-3-5-9-16/h3-11H,12-15H2,1-2H3. The lowest BCUT2D eigenvalue weighted by Crippen LogP contribution is -2.20. The summed E-state index contributed by atoms with van der Waals surface area (Å²) < 4.78 is 5.28. The summed E-state index contributed by atoms with van der Waals surface area (Å²) in [7, 11) is 3.92. The van der Waals surface area contributed by atoms with Crippen LogP contribution >= 0.6 is 11.8 Å². The van der Waals surface area contributed by atoms with E-state index in [1.807, 2.05) is 55.4 Å². The van der Waals surface area contributed by atoms with Crippen molar-refractivity contribution in [1.29, 1.82) is 0 Å². The number of rotatable bonds is 8. The summed E-state index contributed by atoms with van der Waals surface area (Å²) in [6.45, 7) is 1.18. The molecular formula is C19H23NO2S. The van der Waals surface area contributed by atoms with Gasteiger partial charge in [-0.2, -0.15) is 0 Å². The van der Waals surface area contributed by atoms with Gasteiger partial charge < -0.3 is 9.64 Å². The van der Waals surface area contributed by atoms with Crippen molar-refractivity contribution in [1.82, 2.24) is 4.90 Å². The van der Waals surface area contributed by atoms with E-state index in [9.17, 15) is 4.79 Å². The number of carbonyl (C=O) groups excluding carboxylic acids is 1. The van der Waals surface area contributed by atoms with Crippen LogP contribution in [0, 0.1) is 0 Å². The van der Waals surface area contributed by atoms with E-state index in [2.05, 4.69) is 18.2 Å². The molecule has 0 N–H and O–H groups in total. The molecule has 122 valence electrons. The molecule has 2 rings (SSSR count). The smallest absolute Gasteiger partial charge is 0.310 e. The van der Waals surface area contributed by atoms with E-state index < -0.39 is 0 Å². The number of thioether (sulfide) groups is 1. The molecule has 0 unspecified atom stereocenters. The van der Waals surface area contributed by atoms with Crippen LogP contribution in [-0.2, 0) is 21.7 Å². The lowest BCUT2D eigenvalue weighted by molar-refractivity contribution is -0.143. The molecule has 0 aromatic heterocycles. The van der Waals surface area contributed by atoms with Crippen LogP contribution < -0.4 is 0 Å². The number of likely N-dealkylation sites (N-methyl/N-ethyl adjacent to an activating group) is 1. The zero-order chi connectivity index (χ0) is 16.5. The number of benzene rings is 2. The van der Waals surface area contributed by atoms with Crippen molar-refractivity contribution >= 4 is 17.7 Å². The first-order valence-corrected chi connectivity index (χ1v) is 8.68. The van der Waals surface area contributed by atoms with Gasteiger partial charge >= 0.3 is 5.97 Å². The summed E-state index contributed by atoms with van der Waals surface area (Å²) >= 11 is 1.75. The fourth-order valence-electron chi connectivity index (χ4n) is 2.07. The lowest BCUT2D eigenvalue weighted by Gasteiger charge is -2.11. The molecule has 0 radical (unpaired) electrons. The maximum absolute atomic E-state index is 12.0. The first-order chi connectivity index (χ1) is 11.1. The van der Waals surface area contributed by atoms with Crippen LogP contribution in [0.3, 0.4) is 0 Å². The average molecular weight is 329 g/mol. The van der Waals surface area contributed by atoms with Crippen molar-refractivity contribution in [3.63, 3.8) is 0 Å². The first-order valence-electron chi connectivity index (χ1n) is 7.70. The maximum atomic E-state index is 12.0. The average Bonchev–Trinajstić information content (AvgIpc) is 2.54. The van der Waals surface area contributed by atoms with Crippen molar-refractivity contribution in [2.24, 2.45) is 0 Å². The SMILES string of the molecule is CN(C)CCOC(=O)Cc1ccccc1SCc1ccccc1. The predicted molar refractivity (Wildman–Crippen MR) is 95.7 cm³/mol. The van der Waals surface area contributed by atoms with E-state index in [0.717, 1.165) is 22.8 Å². The zero-order valence-electron chi connectivity index (χ0n) is 13.7. The molecule has 0 aliphatic rings. The van der Waals surface area contributed by atoms with Gasteiger partial charge in [0.15, 0.2) is 0 Å². The van der Waals surface area contributed by atoms with E-state index in [-0.39, 0.29) is 5.97 Å². The van der Waals surface area contributed by atoms with Gasteiger partial charge in [-0.05, 0) is 31.3 Å². The molecule has 0 saturated heterocycles. The molecule has 0 amide bonds. The van der Waals surface area contributed by atoms with Gasteiger partial charge in [0.2, 0.25) is 0 Å². The molecule has 0 heterocycles. The third-order valence-corrected chi connectivity index (χ3v) is 4.53. The molecule has 0 aliphatic heterocycles. The highest BCUT2D eigenvalue weighted by molar-refractivity contribution is 7.98. The molecule has 0 aliphatic carbocycles. The summed E-state index contributed by atoms with van der Waals surface area (Å²) in [5.41, 5.74) is 2.31. The van der Waals surface area contributed by atoms with Gasteiger partial charge in [0.05, 0.1) is 6.42 Å². The molecular weight excluding hydrogens is 306 g/mol. The molecule has 2 aromatic carbocycles. The van der Waals surface area contributed by atoms with E-state index >= 15 is 0 Å². The Morgan fingerprint density at radius 2 is 1.74 bits per heavy atom. The Bertz CT molecular complexity index is 614. The highest BCUT2D eigenvalue weighted by Gasteiger charge is 2.09. The van der Waals surface area contributed by atoms with E-state index in [4.69, 9.17) is 4.74 Å². The third-order valence-electron chi connectivity index (χ3n) is 3.35. The van der Waals surface area contributed by atoms with Gasteiger partial charge in [-0.15, -0.1) is 11.8 Å². The Morgan fingerprint density at radius 1 is 1.04 bits per heavy atom. The Hall–Kier alpha value is -1.78. The van der Waals surface area contributed by atoms with E-state index in [0.29, 0.717) is 13.0 Å². The fourth-order valence-corrected chi connectivity index (χ4v) is 3.09. The second-order valence-electron chi connectivity index (χ2n) is 5.58. The number of hydrogen-bond donors (Lipinski definition) is 0. The summed E-state index contributed by atoms with van der Waals surface area (Å²) in [5, 5.41) is 0. The van der Waals surface area contributed by atoms with Gasteiger partial charge in [-0.1, -0.05) is 48.5 Å². The quantitative estimate of drug-likeness (QED) is 0.546. The Kier molecular flexibility index (Phi) is 7.17. The summed E-state index contributed by atoms with van der Waals surface area (Å²) in [4.78, 5) is 15.1. The minimum absolute atomic E-state index is 0.167. The zero-order valence-corrected chi connectivity index (χ0v) is 14.5. The van der Waals surface area contributed by atoms with Crippen molar-refractivity contribution in [3.05, 3.63) is 65.7 Å². The van der Waals surface area contributed by atoms with Crippen LogP contribution in [0.25, 0.3) is 0 Å². The third kappa shape index (κ3) is 6.47.